The molecule has 1 aromatic carbocycles. The third kappa shape index (κ3) is 4.90. The number of aryl methyl sites for hydroxylation is 1. The van der Waals surface area contributed by atoms with Crippen LogP contribution in [0.2, 0.25) is 0 Å². The highest BCUT2D eigenvalue weighted by Crippen LogP contribution is 2.36. The maximum absolute atomic E-state index is 12.4. The topological polar surface area (TPSA) is 68.7 Å². The standard InChI is InChI=1S/C21H26N2O4S/c1-3-5-6-10-26-21(25)12-23-17-11-15(8-9-18(17)27-13-20(23)24)16-14-28-19(22-16)7-4-2/h8-9,11,14H,3-7,10,12-13H2,1-2H3. The van der Waals surface area contributed by atoms with Crippen LogP contribution in [0.25, 0.3) is 11.3 Å². The first kappa shape index (κ1) is 20.3. The number of thiazole rings is 1. The van der Waals surface area contributed by atoms with Gasteiger partial charge in [0.1, 0.15) is 12.3 Å². The third-order valence-electron chi connectivity index (χ3n) is 4.51. The van der Waals surface area contributed by atoms with Gasteiger partial charge in [-0.05, 0) is 37.5 Å². The van der Waals surface area contributed by atoms with E-state index >= 15 is 0 Å². The zero-order chi connectivity index (χ0) is 19.9. The monoisotopic (exact) mass is 402 g/mol. The van der Waals surface area contributed by atoms with E-state index in [-0.39, 0.29) is 19.1 Å². The van der Waals surface area contributed by atoms with Crippen LogP contribution in [0, 0.1) is 0 Å². The fourth-order valence-electron chi connectivity index (χ4n) is 3.02. The molecule has 0 saturated carbocycles. The Bertz CT molecular complexity index is 834. The van der Waals surface area contributed by atoms with E-state index in [1.165, 1.54) is 4.90 Å². The summed E-state index contributed by atoms with van der Waals surface area (Å²) >= 11 is 1.63. The highest BCUT2D eigenvalue weighted by molar-refractivity contribution is 7.09. The number of hydrogen-bond donors (Lipinski definition) is 0. The molecule has 0 N–H and O–H groups in total. The summed E-state index contributed by atoms with van der Waals surface area (Å²) < 4.78 is 10.8. The van der Waals surface area contributed by atoms with Crippen LogP contribution < -0.4 is 9.64 Å². The van der Waals surface area contributed by atoms with Crippen molar-refractivity contribution in [1.29, 1.82) is 0 Å². The summed E-state index contributed by atoms with van der Waals surface area (Å²) in [6.07, 6.45) is 4.92. The van der Waals surface area contributed by atoms with E-state index in [1.54, 1.807) is 11.3 Å². The minimum absolute atomic E-state index is 0.0766. The number of rotatable bonds is 9. The molecule has 0 bridgehead atoms. The van der Waals surface area contributed by atoms with Crippen molar-refractivity contribution in [3.8, 4) is 17.0 Å². The van der Waals surface area contributed by atoms with Gasteiger partial charge >= 0.3 is 5.97 Å². The largest absolute Gasteiger partial charge is 0.482 e. The molecular formula is C21H26N2O4S. The molecule has 2 aromatic rings. The van der Waals surface area contributed by atoms with Crippen molar-refractivity contribution in [2.24, 2.45) is 0 Å². The summed E-state index contributed by atoms with van der Waals surface area (Å²) in [5.74, 6) is -0.0622. The lowest BCUT2D eigenvalue weighted by molar-refractivity contribution is -0.143. The second-order valence-electron chi connectivity index (χ2n) is 6.76. The number of nitrogens with zero attached hydrogens (tertiary/aromatic N) is 2. The van der Waals surface area contributed by atoms with Gasteiger partial charge in [-0.1, -0.05) is 26.7 Å². The SMILES string of the molecule is CCCCCOC(=O)CN1C(=O)COc2ccc(-c3csc(CCC)n3)cc21. The number of aromatic nitrogens is 1. The second kappa shape index (κ2) is 9.68. The molecule has 0 saturated heterocycles. The number of fused-ring (bicyclic) bond motifs is 1. The maximum atomic E-state index is 12.4. The molecule has 0 spiro atoms. The second-order valence-corrected chi connectivity index (χ2v) is 7.70. The fourth-order valence-corrected chi connectivity index (χ4v) is 3.93. The van der Waals surface area contributed by atoms with Crippen LogP contribution in [0.5, 0.6) is 5.75 Å². The minimum atomic E-state index is -0.401. The van der Waals surface area contributed by atoms with Crippen molar-refractivity contribution in [3.05, 3.63) is 28.6 Å². The molecule has 150 valence electrons. The average molecular weight is 403 g/mol. The molecular weight excluding hydrogens is 376 g/mol. The fraction of sp³-hybridized carbons (Fsp3) is 0.476. The quantitative estimate of drug-likeness (QED) is 0.464. The number of ether oxygens (including phenoxy) is 2. The Morgan fingerprint density at radius 2 is 2.14 bits per heavy atom. The number of anilines is 1. The molecule has 3 rings (SSSR count). The number of esters is 1. The van der Waals surface area contributed by atoms with Gasteiger partial charge in [0.25, 0.3) is 5.91 Å². The lowest BCUT2D eigenvalue weighted by Gasteiger charge is -2.29. The highest BCUT2D eigenvalue weighted by atomic mass is 32.1. The van der Waals surface area contributed by atoms with E-state index in [0.29, 0.717) is 18.0 Å². The number of carbonyl (C=O) groups excluding carboxylic acids is 2. The van der Waals surface area contributed by atoms with Crippen molar-refractivity contribution in [2.75, 3.05) is 24.7 Å². The number of amides is 1. The van der Waals surface area contributed by atoms with Crippen LogP contribution in [0.4, 0.5) is 5.69 Å². The molecule has 0 radical (unpaired) electrons. The Morgan fingerprint density at radius 1 is 1.29 bits per heavy atom. The van der Waals surface area contributed by atoms with Gasteiger partial charge in [0, 0.05) is 10.9 Å². The Labute approximate surface area is 169 Å². The lowest BCUT2D eigenvalue weighted by Crippen LogP contribution is -2.42. The van der Waals surface area contributed by atoms with E-state index in [4.69, 9.17) is 9.47 Å². The molecule has 0 atom stereocenters. The summed E-state index contributed by atoms with van der Waals surface area (Å²) in [6, 6.07) is 5.62. The van der Waals surface area contributed by atoms with Gasteiger partial charge < -0.3 is 9.47 Å². The molecule has 1 aliphatic rings. The molecule has 1 amide bonds. The maximum Gasteiger partial charge on any atom is 0.326 e. The molecule has 0 aliphatic carbocycles. The van der Waals surface area contributed by atoms with Crippen LogP contribution in [-0.2, 0) is 20.7 Å². The highest BCUT2D eigenvalue weighted by Gasteiger charge is 2.28. The van der Waals surface area contributed by atoms with Gasteiger partial charge in [-0.25, -0.2) is 4.98 Å². The Balaban J connectivity index is 1.76. The zero-order valence-electron chi connectivity index (χ0n) is 16.4. The van der Waals surface area contributed by atoms with Crippen LogP contribution >= 0.6 is 11.3 Å². The summed E-state index contributed by atoms with van der Waals surface area (Å²) in [7, 11) is 0. The van der Waals surface area contributed by atoms with Gasteiger partial charge in [-0.15, -0.1) is 11.3 Å². The summed E-state index contributed by atoms with van der Waals surface area (Å²) in [5, 5.41) is 3.11. The van der Waals surface area contributed by atoms with Crippen LogP contribution in [0.1, 0.15) is 44.5 Å². The van der Waals surface area contributed by atoms with E-state index in [9.17, 15) is 9.59 Å². The van der Waals surface area contributed by atoms with Crippen molar-refractivity contribution >= 4 is 28.9 Å². The third-order valence-corrected chi connectivity index (χ3v) is 5.42. The van der Waals surface area contributed by atoms with Crippen molar-refractivity contribution < 1.29 is 19.1 Å². The molecule has 28 heavy (non-hydrogen) atoms. The normalized spacial score (nSPS) is 13.2. The van der Waals surface area contributed by atoms with Gasteiger partial charge in [-0.3, -0.25) is 14.5 Å². The van der Waals surface area contributed by atoms with E-state index in [1.807, 2.05) is 23.6 Å². The first-order chi connectivity index (χ1) is 13.6. The summed E-state index contributed by atoms with van der Waals surface area (Å²) in [5.41, 5.74) is 2.36. The van der Waals surface area contributed by atoms with Gasteiger partial charge in [0.2, 0.25) is 0 Å². The minimum Gasteiger partial charge on any atom is -0.482 e. The molecule has 0 unspecified atom stereocenters. The van der Waals surface area contributed by atoms with Gasteiger partial charge in [0.15, 0.2) is 6.61 Å². The predicted octanol–water partition coefficient (Wildman–Crippen LogP) is 4.22. The Kier molecular flexibility index (Phi) is 7.03. The first-order valence-electron chi connectivity index (χ1n) is 9.80. The molecule has 6 nitrogen and oxygen atoms in total. The van der Waals surface area contributed by atoms with Crippen LogP contribution in [0.3, 0.4) is 0 Å². The van der Waals surface area contributed by atoms with E-state index in [2.05, 4.69) is 18.8 Å². The van der Waals surface area contributed by atoms with Gasteiger partial charge in [-0.2, -0.15) is 0 Å². The molecule has 0 fully saturated rings. The molecule has 1 aromatic heterocycles. The van der Waals surface area contributed by atoms with Crippen molar-refractivity contribution in [1.82, 2.24) is 4.98 Å². The number of hydrogen-bond acceptors (Lipinski definition) is 6. The zero-order valence-corrected chi connectivity index (χ0v) is 17.2. The number of unbranched alkanes of at least 4 members (excludes halogenated alkanes) is 2. The smallest absolute Gasteiger partial charge is 0.326 e. The molecule has 7 heteroatoms. The number of benzene rings is 1. The van der Waals surface area contributed by atoms with Crippen molar-refractivity contribution in [2.45, 2.75) is 46.0 Å². The van der Waals surface area contributed by atoms with Crippen LogP contribution in [0.15, 0.2) is 23.6 Å². The molecule has 1 aliphatic heterocycles. The van der Waals surface area contributed by atoms with E-state index in [0.717, 1.165) is 48.4 Å². The first-order valence-corrected chi connectivity index (χ1v) is 10.7. The predicted molar refractivity (Wildman–Crippen MR) is 110 cm³/mol. The molecule has 2 heterocycles. The Hall–Kier alpha value is -2.41. The van der Waals surface area contributed by atoms with Gasteiger partial charge in [0.05, 0.1) is 23.0 Å². The average Bonchev–Trinajstić information content (AvgIpc) is 3.16. The summed E-state index contributed by atoms with van der Waals surface area (Å²) in [4.78, 5) is 30.7. The van der Waals surface area contributed by atoms with Crippen LogP contribution in [-0.4, -0.2) is 36.6 Å². The van der Waals surface area contributed by atoms with E-state index < -0.39 is 5.97 Å². The number of carbonyl (C=O) groups is 2. The lowest BCUT2D eigenvalue weighted by atomic mass is 10.1. The van der Waals surface area contributed by atoms with Crippen molar-refractivity contribution in [3.63, 3.8) is 0 Å². The Morgan fingerprint density at radius 3 is 2.93 bits per heavy atom. The summed E-state index contributed by atoms with van der Waals surface area (Å²) in [6.45, 7) is 4.42.